The Labute approximate surface area is 97.8 Å². The van der Waals surface area contributed by atoms with Gasteiger partial charge in [0.15, 0.2) is 0 Å². The van der Waals surface area contributed by atoms with Crippen molar-refractivity contribution in [2.45, 2.75) is 57.8 Å². The number of carbonyl (C=O) groups is 1. The van der Waals surface area contributed by atoms with E-state index >= 15 is 0 Å². The minimum atomic E-state index is 0.00704. The summed E-state index contributed by atoms with van der Waals surface area (Å²) in [7, 11) is 0. The predicted molar refractivity (Wildman–Crippen MR) is 64.3 cm³/mol. The van der Waals surface area contributed by atoms with Gasteiger partial charge in [-0.3, -0.25) is 9.69 Å². The van der Waals surface area contributed by atoms with Crippen molar-refractivity contribution in [2.75, 3.05) is 13.1 Å². The van der Waals surface area contributed by atoms with Crippen LogP contribution in [0.15, 0.2) is 0 Å². The van der Waals surface area contributed by atoms with E-state index in [1.54, 1.807) is 0 Å². The van der Waals surface area contributed by atoms with Crippen LogP contribution in [0, 0.1) is 0 Å². The summed E-state index contributed by atoms with van der Waals surface area (Å²) in [6.45, 7) is 8.29. The quantitative estimate of drug-likeness (QED) is 0.728. The zero-order valence-electron chi connectivity index (χ0n) is 10.5. The van der Waals surface area contributed by atoms with Gasteiger partial charge in [0.25, 0.3) is 0 Å². The molecular weight excluding hydrogens is 202 g/mol. The minimum absolute atomic E-state index is 0.00704. The molecule has 1 heterocycles. The summed E-state index contributed by atoms with van der Waals surface area (Å²) >= 11 is 0. The van der Waals surface area contributed by atoms with Gasteiger partial charge in [-0.05, 0) is 33.6 Å². The molecule has 1 aliphatic heterocycles. The molecule has 2 fully saturated rings. The number of amides is 1. The van der Waals surface area contributed by atoms with E-state index in [4.69, 9.17) is 0 Å². The second-order valence-corrected chi connectivity index (χ2v) is 5.38. The van der Waals surface area contributed by atoms with Crippen LogP contribution in [0.25, 0.3) is 0 Å². The maximum absolute atomic E-state index is 11.9. The van der Waals surface area contributed by atoms with Crippen molar-refractivity contribution >= 4 is 5.91 Å². The Bertz CT molecular complexity index is 255. The number of carbonyl (C=O) groups excluding carboxylic acids is 1. The average Bonchev–Trinajstić information content (AvgIpc) is 2.99. The Morgan fingerprint density at radius 2 is 1.88 bits per heavy atom. The molecule has 4 nitrogen and oxygen atoms in total. The number of nitrogens with one attached hydrogen (secondary N) is 2. The first-order valence-electron chi connectivity index (χ1n) is 6.36. The molecule has 1 saturated heterocycles. The lowest BCUT2D eigenvalue weighted by molar-refractivity contribution is -0.126. The Morgan fingerprint density at radius 3 is 2.38 bits per heavy atom. The largest absolute Gasteiger partial charge is 0.352 e. The Balaban J connectivity index is 1.86. The van der Waals surface area contributed by atoms with E-state index in [9.17, 15) is 4.79 Å². The van der Waals surface area contributed by atoms with Gasteiger partial charge in [-0.25, -0.2) is 0 Å². The summed E-state index contributed by atoms with van der Waals surface area (Å²) in [5, 5.41) is 6.56. The van der Waals surface area contributed by atoms with Crippen molar-refractivity contribution in [1.82, 2.24) is 15.5 Å². The molecule has 0 aromatic heterocycles. The fraction of sp³-hybridized carbons (Fsp3) is 0.917. The molecule has 0 spiro atoms. The zero-order chi connectivity index (χ0) is 11.7. The van der Waals surface area contributed by atoms with Crippen LogP contribution in [0.2, 0.25) is 0 Å². The maximum atomic E-state index is 11.9. The highest BCUT2D eigenvalue weighted by molar-refractivity contribution is 5.81. The predicted octanol–water partition coefficient (Wildman–Crippen LogP) is 0.336. The lowest BCUT2D eigenvalue weighted by atomic mass is 10.1. The fourth-order valence-corrected chi connectivity index (χ4v) is 2.40. The van der Waals surface area contributed by atoms with E-state index in [-0.39, 0.29) is 11.9 Å². The van der Waals surface area contributed by atoms with Gasteiger partial charge < -0.3 is 10.6 Å². The second kappa shape index (κ2) is 4.72. The van der Waals surface area contributed by atoms with Gasteiger partial charge in [-0.2, -0.15) is 0 Å². The van der Waals surface area contributed by atoms with E-state index in [0.717, 1.165) is 25.9 Å². The van der Waals surface area contributed by atoms with E-state index in [1.807, 2.05) is 6.92 Å². The second-order valence-electron chi connectivity index (χ2n) is 5.38. The Morgan fingerprint density at radius 1 is 1.31 bits per heavy atom. The Hall–Kier alpha value is -0.610. The molecule has 2 aliphatic rings. The molecular formula is C12H23N3O. The topological polar surface area (TPSA) is 44.4 Å². The summed E-state index contributed by atoms with van der Waals surface area (Å²) in [6.07, 6.45) is 2.32. The van der Waals surface area contributed by atoms with Gasteiger partial charge in [0.1, 0.15) is 0 Å². The number of hydrogen-bond acceptors (Lipinski definition) is 3. The third-order valence-electron chi connectivity index (χ3n) is 3.44. The van der Waals surface area contributed by atoms with Crippen LogP contribution in [0.3, 0.4) is 0 Å². The van der Waals surface area contributed by atoms with Crippen LogP contribution in [-0.2, 0) is 4.79 Å². The van der Waals surface area contributed by atoms with Gasteiger partial charge in [0, 0.05) is 31.2 Å². The summed E-state index contributed by atoms with van der Waals surface area (Å²) in [5.74, 6) is 0.198. The Kier molecular flexibility index (Phi) is 3.50. The highest BCUT2D eigenvalue weighted by Crippen LogP contribution is 2.19. The molecule has 1 aliphatic carbocycles. The SMILES string of the molecule is CC1CN(C(C)C(=O)NC2CC2)CC(C)N1. The molecule has 4 heteroatoms. The van der Waals surface area contributed by atoms with Crippen molar-refractivity contribution in [3.05, 3.63) is 0 Å². The van der Waals surface area contributed by atoms with Crippen molar-refractivity contribution < 1.29 is 4.79 Å². The third kappa shape index (κ3) is 2.95. The number of piperazine rings is 1. The lowest BCUT2D eigenvalue weighted by Gasteiger charge is -2.39. The van der Waals surface area contributed by atoms with Crippen LogP contribution in [-0.4, -0.2) is 48.1 Å². The van der Waals surface area contributed by atoms with Crippen molar-refractivity contribution in [2.24, 2.45) is 0 Å². The molecule has 0 radical (unpaired) electrons. The lowest BCUT2D eigenvalue weighted by Crippen LogP contribution is -2.59. The zero-order valence-corrected chi connectivity index (χ0v) is 10.5. The van der Waals surface area contributed by atoms with E-state index in [1.165, 1.54) is 0 Å². The molecule has 1 saturated carbocycles. The molecule has 16 heavy (non-hydrogen) atoms. The van der Waals surface area contributed by atoms with Gasteiger partial charge in [-0.1, -0.05) is 0 Å². The molecule has 92 valence electrons. The first-order valence-corrected chi connectivity index (χ1v) is 6.36. The fourth-order valence-electron chi connectivity index (χ4n) is 2.40. The normalized spacial score (nSPS) is 33.4. The van der Waals surface area contributed by atoms with Gasteiger partial charge in [0.2, 0.25) is 5.91 Å². The standard InChI is InChI=1S/C12H23N3O/c1-8-6-15(7-9(2)13-8)10(3)12(16)14-11-4-5-11/h8-11,13H,4-7H2,1-3H3,(H,14,16). The van der Waals surface area contributed by atoms with E-state index in [2.05, 4.69) is 29.4 Å². The minimum Gasteiger partial charge on any atom is -0.352 e. The van der Waals surface area contributed by atoms with Gasteiger partial charge >= 0.3 is 0 Å². The smallest absolute Gasteiger partial charge is 0.237 e. The monoisotopic (exact) mass is 225 g/mol. The van der Waals surface area contributed by atoms with Crippen LogP contribution in [0.1, 0.15) is 33.6 Å². The number of hydrogen-bond donors (Lipinski definition) is 2. The molecule has 0 aromatic rings. The average molecular weight is 225 g/mol. The van der Waals surface area contributed by atoms with Crippen LogP contribution in [0.5, 0.6) is 0 Å². The van der Waals surface area contributed by atoms with Crippen LogP contribution < -0.4 is 10.6 Å². The summed E-state index contributed by atoms with van der Waals surface area (Å²) in [5.41, 5.74) is 0. The summed E-state index contributed by atoms with van der Waals surface area (Å²) in [6, 6.07) is 1.42. The molecule has 3 unspecified atom stereocenters. The first kappa shape index (κ1) is 11.9. The molecule has 3 atom stereocenters. The molecule has 2 rings (SSSR count). The third-order valence-corrected chi connectivity index (χ3v) is 3.44. The number of nitrogens with zero attached hydrogens (tertiary/aromatic N) is 1. The van der Waals surface area contributed by atoms with Crippen LogP contribution in [0.4, 0.5) is 0 Å². The van der Waals surface area contributed by atoms with E-state index < -0.39 is 0 Å². The molecule has 1 amide bonds. The van der Waals surface area contributed by atoms with E-state index in [0.29, 0.717) is 18.1 Å². The highest BCUT2D eigenvalue weighted by atomic mass is 16.2. The van der Waals surface area contributed by atoms with Crippen molar-refractivity contribution in [3.63, 3.8) is 0 Å². The number of rotatable bonds is 3. The highest BCUT2D eigenvalue weighted by Gasteiger charge is 2.31. The summed E-state index contributed by atoms with van der Waals surface area (Å²) in [4.78, 5) is 14.2. The molecule has 0 aromatic carbocycles. The van der Waals surface area contributed by atoms with Gasteiger partial charge in [0.05, 0.1) is 6.04 Å². The molecule has 0 bridgehead atoms. The van der Waals surface area contributed by atoms with Gasteiger partial charge in [-0.15, -0.1) is 0 Å². The van der Waals surface area contributed by atoms with Crippen LogP contribution >= 0.6 is 0 Å². The molecule has 2 N–H and O–H groups in total. The van der Waals surface area contributed by atoms with Crippen molar-refractivity contribution in [1.29, 1.82) is 0 Å². The summed E-state index contributed by atoms with van der Waals surface area (Å²) < 4.78 is 0. The van der Waals surface area contributed by atoms with Crippen molar-refractivity contribution in [3.8, 4) is 0 Å². The maximum Gasteiger partial charge on any atom is 0.237 e. The first-order chi connectivity index (χ1) is 7.56.